The largest absolute Gasteiger partial charge is 0.351 e. The van der Waals surface area contributed by atoms with Gasteiger partial charge in [-0.2, -0.15) is 5.26 Å². The van der Waals surface area contributed by atoms with Crippen LogP contribution in [0, 0.1) is 11.3 Å². The lowest BCUT2D eigenvalue weighted by atomic mass is 9.98. The SMILES string of the molecule is CC(=O)Nc1ccc(C(=O)NCC(C(=O)NCC#N)c2ccccc2)cc1. The van der Waals surface area contributed by atoms with Crippen molar-refractivity contribution in [1.29, 1.82) is 5.26 Å². The van der Waals surface area contributed by atoms with Crippen LogP contribution in [0.4, 0.5) is 5.69 Å². The molecule has 2 aromatic carbocycles. The number of carbonyl (C=O) groups excluding carboxylic acids is 3. The second-order valence-corrected chi connectivity index (χ2v) is 5.81. The minimum absolute atomic E-state index is 0.0908. The monoisotopic (exact) mass is 364 g/mol. The summed E-state index contributed by atoms with van der Waals surface area (Å²) in [5, 5.41) is 16.6. The number of amides is 3. The maximum Gasteiger partial charge on any atom is 0.251 e. The number of rotatable bonds is 7. The average Bonchev–Trinajstić information content (AvgIpc) is 2.67. The van der Waals surface area contributed by atoms with Gasteiger partial charge in [-0.1, -0.05) is 30.3 Å². The number of hydrogen-bond acceptors (Lipinski definition) is 4. The van der Waals surface area contributed by atoms with Crippen molar-refractivity contribution >= 4 is 23.4 Å². The third-order valence-electron chi connectivity index (χ3n) is 3.79. The van der Waals surface area contributed by atoms with Crippen LogP contribution in [0.15, 0.2) is 54.6 Å². The zero-order chi connectivity index (χ0) is 19.6. The van der Waals surface area contributed by atoms with E-state index in [1.807, 2.05) is 24.3 Å². The van der Waals surface area contributed by atoms with Crippen LogP contribution in [-0.4, -0.2) is 30.8 Å². The molecule has 0 spiro atoms. The highest BCUT2D eigenvalue weighted by Crippen LogP contribution is 2.15. The average molecular weight is 364 g/mol. The van der Waals surface area contributed by atoms with E-state index in [-0.39, 0.29) is 30.8 Å². The van der Waals surface area contributed by atoms with Crippen LogP contribution in [0.3, 0.4) is 0 Å². The smallest absolute Gasteiger partial charge is 0.251 e. The van der Waals surface area contributed by atoms with Gasteiger partial charge in [0.2, 0.25) is 11.8 Å². The van der Waals surface area contributed by atoms with Crippen molar-refractivity contribution in [1.82, 2.24) is 10.6 Å². The molecule has 0 saturated carbocycles. The fourth-order valence-corrected chi connectivity index (χ4v) is 2.50. The second-order valence-electron chi connectivity index (χ2n) is 5.81. The highest BCUT2D eigenvalue weighted by atomic mass is 16.2. The molecular formula is C20H20N4O3. The molecule has 0 aliphatic heterocycles. The van der Waals surface area contributed by atoms with Crippen LogP contribution in [0.1, 0.15) is 28.8 Å². The lowest BCUT2D eigenvalue weighted by Gasteiger charge is -2.17. The Morgan fingerprint density at radius 1 is 1.00 bits per heavy atom. The van der Waals surface area contributed by atoms with Gasteiger partial charge in [0.1, 0.15) is 6.54 Å². The second kappa shape index (κ2) is 9.73. The number of anilines is 1. The molecule has 3 amide bonds. The van der Waals surface area contributed by atoms with Crippen molar-refractivity contribution in [2.24, 2.45) is 0 Å². The molecule has 2 rings (SSSR count). The van der Waals surface area contributed by atoms with Crippen molar-refractivity contribution < 1.29 is 14.4 Å². The summed E-state index contributed by atoms with van der Waals surface area (Å²) in [4.78, 5) is 35.7. The van der Waals surface area contributed by atoms with Gasteiger partial charge >= 0.3 is 0 Å². The summed E-state index contributed by atoms with van der Waals surface area (Å²) in [6.45, 7) is 1.40. The van der Waals surface area contributed by atoms with Gasteiger partial charge in [0.25, 0.3) is 5.91 Å². The van der Waals surface area contributed by atoms with Gasteiger partial charge in [0, 0.05) is 24.7 Å². The van der Waals surface area contributed by atoms with Crippen LogP contribution in [0.2, 0.25) is 0 Å². The predicted molar refractivity (Wildman–Crippen MR) is 101 cm³/mol. The van der Waals surface area contributed by atoms with Gasteiger partial charge in [0.05, 0.1) is 12.0 Å². The molecule has 0 aromatic heterocycles. The summed E-state index contributed by atoms with van der Waals surface area (Å²) in [7, 11) is 0. The van der Waals surface area contributed by atoms with Crippen LogP contribution in [0.5, 0.6) is 0 Å². The van der Waals surface area contributed by atoms with E-state index in [4.69, 9.17) is 5.26 Å². The normalized spacial score (nSPS) is 11.0. The van der Waals surface area contributed by atoms with E-state index in [9.17, 15) is 14.4 Å². The Bertz CT molecular complexity index is 842. The van der Waals surface area contributed by atoms with E-state index in [0.717, 1.165) is 5.56 Å². The summed E-state index contributed by atoms with van der Waals surface area (Å²) in [6.07, 6.45) is 0. The number of nitrogens with one attached hydrogen (secondary N) is 3. The highest BCUT2D eigenvalue weighted by Gasteiger charge is 2.21. The van der Waals surface area contributed by atoms with E-state index in [1.165, 1.54) is 6.92 Å². The summed E-state index contributed by atoms with van der Waals surface area (Å²) in [5.41, 5.74) is 1.75. The van der Waals surface area contributed by atoms with Gasteiger partial charge in [-0.05, 0) is 29.8 Å². The number of hydrogen-bond donors (Lipinski definition) is 3. The molecule has 0 bridgehead atoms. The van der Waals surface area contributed by atoms with Crippen molar-refractivity contribution in [3.63, 3.8) is 0 Å². The number of benzene rings is 2. The standard InChI is InChI=1S/C20H20N4O3/c1-14(25)24-17-9-7-16(8-10-17)19(26)23-13-18(20(27)22-12-11-21)15-5-3-2-4-6-15/h2-10,18H,12-13H2,1H3,(H,22,27)(H,23,26)(H,24,25). The number of nitrogens with zero attached hydrogens (tertiary/aromatic N) is 1. The van der Waals surface area contributed by atoms with E-state index < -0.39 is 5.92 Å². The molecule has 27 heavy (non-hydrogen) atoms. The molecule has 0 heterocycles. The number of carbonyl (C=O) groups is 3. The minimum atomic E-state index is -0.609. The predicted octanol–water partition coefficient (Wildman–Crippen LogP) is 1.80. The first kappa shape index (κ1) is 19.7. The molecule has 3 N–H and O–H groups in total. The fraction of sp³-hybridized carbons (Fsp3) is 0.200. The zero-order valence-electron chi connectivity index (χ0n) is 14.9. The first-order valence-electron chi connectivity index (χ1n) is 8.36. The minimum Gasteiger partial charge on any atom is -0.351 e. The molecule has 1 unspecified atom stereocenters. The van der Waals surface area contributed by atoms with Crippen molar-refractivity contribution in [3.8, 4) is 6.07 Å². The van der Waals surface area contributed by atoms with E-state index in [1.54, 1.807) is 36.4 Å². The molecular weight excluding hydrogens is 344 g/mol. The van der Waals surface area contributed by atoms with Crippen molar-refractivity contribution in [3.05, 3.63) is 65.7 Å². The van der Waals surface area contributed by atoms with E-state index in [2.05, 4.69) is 16.0 Å². The Balaban J connectivity index is 2.05. The zero-order valence-corrected chi connectivity index (χ0v) is 14.9. The van der Waals surface area contributed by atoms with Crippen LogP contribution >= 0.6 is 0 Å². The fourth-order valence-electron chi connectivity index (χ4n) is 2.50. The third kappa shape index (κ3) is 5.97. The maximum atomic E-state index is 12.4. The highest BCUT2D eigenvalue weighted by molar-refractivity contribution is 5.96. The topological polar surface area (TPSA) is 111 Å². The molecule has 138 valence electrons. The van der Waals surface area contributed by atoms with Gasteiger partial charge in [-0.25, -0.2) is 0 Å². The van der Waals surface area contributed by atoms with E-state index in [0.29, 0.717) is 11.3 Å². The Kier molecular flexibility index (Phi) is 7.08. The van der Waals surface area contributed by atoms with Gasteiger partial charge in [0.15, 0.2) is 0 Å². The molecule has 0 fully saturated rings. The van der Waals surface area contributed by atoms with Crippen molar-refractivity contribution in [2.75, 3.05) is 18.4 Å². The van der Waals surface area contributed by atoms with Crippen LogP contribution in [-0.2, 0) is 9.59 Å². The lowest BCUT2D eigenvalue weighted by Crippen LogP contribution is -2.37. The van der Waals surface area contributed by atoms with Crippen molar-refractivity contribution in [2.45, 2.75) is 12.8 Å². The molecule has 0 aliphatic rings. The Labute approximate surface area is 157 Å². The van der Waals surface area contributed by atoms with Crippen LogP contribution < -0.4 is 16.0 Å². The van der Waals surface area contributed by atoms with Crippen LogP contribution in [0.25, 0.3) is 0 Å². The molecule has 7 heteroatoms. The Morgan fingerprint density at radius 2 is 1.67 bits per heavy atom. The third-order valence-corrected chi connectivity index (χ3v) is 3.79. The Hall–Kier alpha value is -3.66. The summed E-state index contributed by atoms with van der Waals surface area (Å²) < 4.78 is 0. The van der Waals surface area contributed by atoms with Gasteiger partial charge in [-0.15, -0.1) is 0 Å². The molecule has 0 radical (unpaired) electrons. The quantitative estimate of drug-likeness (QED) is 0.651. The van der Waals surface area contributed by atoms with E-state index >= 15 is 0 Å². The summed E-state index contributed by atoms with van der Waals surface area (Å²) >= 11 is 0. The molecule has 2 aromatic rings. The molecule has 1 atom stereocenters. The summed E-state index contributed by atoms with van der Waals surface area (Å²) in [5.74, 6) is -1.47. The lowest BCUT2D eigenvalue weighted by molar-refractivity contribution is -0.122. The Morgan fingerprint density at radius 3 is 2.26 bits per heavy atom. The van der Waals surface area contributed by atoms with Gasteiger partial charge in [-0.3, -0.25) is 14.4 Å². The molecule has 0 saturated heterocycles. The first-order valence-corrected chi connectivity index (χ1v) is 8.36. The molecule has 7 nitrogen and oxygen atoms in total. The molecule has 0 aliphatic carbocycles. The maximum absolute atomic E-state index is 12.4. The first-order chi connectivity index (χ1) is 13.0. The van der Waals surface area contributed by atoms with Gasteiger partial charge < -0.3 is 16.0 Å². The summed E-state index contributed by atoms with van der Waals surface area (Å²) in [6, 6.07) is 17.4. The number of nitriles is 1.